The van der Waals surface area contributed by atoms with Gasteiger partial charge in [0.25, 0.3) is 17.4 Å². The molecular weight excluding hydrogens is 372 g/mol. The first-order valence-electron chi connectivity index (χ1n) is 8.92. The van der Waals surface area contributed by atoms with E-state index >= 15 is 0 Å². The molecule has 0 unspecified atom stereocenters. The molecule has 0 saturated carbocycles. The zero-order valence-electron chi connectivity index (χ0n) is 15.8. The van der Waals surface area contributed by atoms with Gasteiger partial charge in [0.1, 0.15) is 12.3 Å². The number of nitrogens with one attached hydrogen (secondary N) is 2. The number of hydrogen-bond acceptors (Lipinski definition) is 5. The second kappa shape index (κ2) is 9.32. The Hall–Kier alpha value is -3.94. The third kappa shape index (κ3) is 5.77. The van der Waals surface area contributed by atoms with E-state index in [1.165, 1.54) is 6.07 Å². The van der Waals surface area contributed by atoms with Crippen LogP contribution in [-0.4, -0.2) is 28.2 Å². The minimum Gasteiger partial charge on any atom is -0.484 e. The van der Waals surface area contributed by atoms with Gasteiger partial charge < -0.3 is 4.74 Å². The lowest BCUT2D eigenvalue weighted by atomic mass is 10.1. The predicted molar refractivity (Wildman–Crippen MR) is 107 cm³/mol. The van der Waals surface area contributed by atoms with E-state index in [4.69, 9.17) is 4.74 Å². The second-order valence-corrected chi connectivity index (χ2v) is 6.28. The molecule has 3 aromatic rings. The van der Waals surface area contributed by atoms with Crippen molar-refractivity contribution in [1.29, 1.82) is 0 Å². The van der Waals surface area contributed by atoms with Gasteiger partial charge >= 0.3 is 0 Å². The number of amides is 2. The number of rotatable bonds is 6. The maximum Gasteiger partial charge on any atom is 0.276 e. The molecule has 2 aromatic carbocycles. The van der Waals surface area contributed by atoms with Crippen LogP contribution in [-0.2, 0) is 16.1 Å². The average Bonchev–Trinajstić information content (AvgIpc) is 2.73. The molecule has 3 rings (SSSR count). The molecule has 148 valence electrons. The van der Waals surface area contributed by atoms with Crippen molar-refractivity contribution in [3.05, 3.63) is 82.6 Å². The van der Waals surface area contributed by atoms with Crippen molar-refractivity contribution in [1.82, 2.24) is 20.6 Å². The van der Waals surface area contributed by atoms with Crippen LogP contribution >= 0.6 is 0 Å². The molecule has 0 atom stereocenters. The Kier molecular flexibility index (Phi) is 6.36. The topological polar surface area (TPSA) is 102 Å². The maximum absolute atomic E-state index is 12.1. The highest BCUT2D eigenvalue weighted by molar-refractivity contribution is 5.82. The van der Waals surface area contributed by atoms with Gasteiger partial charge in [0.05, 0.1) is 5.69 Å². The molecule has 0 spiro atoms. The monoisotopic (exact) mass is 392 g/mol. The van der Waals surface area contributed by atoms with Gasteiger partial charge in [-0.3, -0.25) is 25.2 Å². The number of carbonyl (C=O) groups is 2. The van der Waals surface area contributed by atoms with Gasteiger partial charge in [-0.15, -0.1) is 0 Å². The molecule has 2 amide bonds. The van der Waals surface area contributed by atoms with Gasteiger partial charge in [0.15, 0.2) is 6.61 Å². The number of ether oxygens (including phenoxy) is 1. The predicted octanol–water partition coefficient (Wildman–Crippen LogP) is 1.45. The molecule has 29 heavy (non-hydrogen) atoms. The minimum absolute atomic E-state index is 0.259. The van der Waals surface area contributed by atoms with Crippen LogP contribution in [0.1, 0.15) is 5.56 Å². The van der Waals surface area contributed by atoms with E-state index in [0.717, 1.165) is 15.8 Å². The van der Waals surface area contributed by atoms with Gasteiger partial charge in [-0.25, -0.2) is 4.68 Å². The highest BCUT2D eigenvalue weighted by Crippen LogP contribution is 2.14. The van der Waals surface area contributed by atoms with Crippen molar-refractivity contribution < 1.29 is 14.3 Å². The number of hydrogen-bond donors (Lipinski definition) is 2. The summed E-state index contributed by atoms with van der Waals surface area (Å²) in [7, 11) is 0. The molecule has 0 bridgehead atoms. The van der Waals surface area contributed by atoms with E-state index < -0.39 is 17.4 Å². The minimum atomic E-state index is -0.589. The Labute approximate surface area is 167 Å². The Bertz CT molecular complexity index is 1060. The lowest BCUT2D eigenvalue weighted by molar-refractivity contribution is -0.130. The summed E-state index contributed by atoms with van der Waals surface area (Å²) < 4.78 is 6.39. The van der Waals surface area contributed by atoms with Crippen molar-refractivity contribution in [2.24, 2.45) is 0 Å². The summed E-state index contributed by atoms with van der Waals surface area (Å²) in [5.41, 5.74) is 6.46. The van der Waals surface area contributed by atoms with Crippen LogP contribution in [0, 0.1) is 6.92 Å². The zero-order valence-corrected chi connectivity index (χ0v) is 15.8. The van der Waals surface area contributed by atoms with Crippen molar-refractivity contribution in [2.75, 3.05) is 6.61 Å². The first-order valence-corrected chi connectivity index (χ1v) is 8.92. The largest absolute Gasteiger partial charge is 0.484 e. The first kappa shape index (κ1) is 19.8. The van der Waals surface area contributed by atoms with Crippen LogP contribution in [0.2, 0.25) is 0 Å². The number of aryl methyl sites for hydroxylation is 1. The van der Waals surface area contributed by atoms with Crippen LogP contribution in [0.3, 0.4) is 0 Å². The number of nitrogens with zero attached hydrogens (tertiary/aromatic N) is 2. The van der Waals surface area contributed by atoms with E-state index in [2.05, 4.69) is 16.0 Å². The Balaban J connectivity index is 1.53. The number of hydrazine groups is 1. The lowest BCUT2D eigenvalue weighted by Crippen LogP contribution is -2.46. The third-order valence-electron chi connectivity index (χ3n) is 3.93. The third-order valence-corrected chi connectivity index (χ3v) is 3.93. The molecule has 0 aliphatic carbocycles. The van der Waals surface area contributed by atoms with Crippen LogP contribution in [0.25, 0.3) is 11.3 Å². The van der Waals surface area contributed by atoms with Crippen LogP contribution in [0.4, 0.5) is 0 Å². The summed E-state index contributed by atoms with van der Waals surface area (Å²) in [6.07, 6.45) is 0. The fourth-order valence-corrected chi connectivity index (χ4v) is 2.53. The number of carbonyl (C=O) groups excluding carboxylic acids is 2. The zero-order chi connectivity index (χ0) is 20.6. The fraction of sp³-hybridized carbons (Fsp3) is 0.143. The SMILES string of the molecule is Cc1cccc(OCC(=O)NNC(=O)Cn2nc(-c3ccccc3)ccc2=O)c1. The summed E-state index contributed by atoms with van der Waals surface area (Å²) in [5, 5.41) is 4.20. The molecule has 2 N–H and O–H groups in total. The standard InChI is InChI=1S/C21H20N4O4/c1-15-6-5-9-17(12-15)29-14-20(27)23-22-19(26)13-25-21(28)11-10-18(24-25)16-7-3-2-4-8-16/h2-12H,13-14H2,1H3,(H,22,26)(H,23,27). The number of benzene rings is 2. The molecule has 1 aromatic heterocycles. The molecule has 1 heterocycles. The highest BCUT2D eigenvalue weighted by atomic mass is 16.5. The normalized spacial score (nSPS) is 10.2. The van der Waals surface area contributed by atoms with E-state index in [-0.39, 0.29) is 13.2 Å². The van der Waals surface area contributed by atoms with E-state index in [1.807, 2.05) is 49.4 Å². The van der Waals surface area contributed by atoms with Gasteiger partial charge in [0, 0.05) is 11.6 Å². The van der Waals surface area contributed by atoms with Crippen molar-refractivity contribution in [3.8, 4) is 17.0 Å². The van der Waals surface area contributed by atoms with Crippen LogP contribution in [0.15, 0.2) is 71.5 Å². The fourth-order valence-electron chi connectivity index (χ4n) is 2.53. The summed E-state index contributed by atoms with van der Waals surface area (Å²) in [6, 6.07) is 19.5. The molecular formula is C21H20N4O4. The van der Waals surface area contributed by atoms with Crippen molar-refractivity contribution in [3.63, 3.8) is 0 Å². The summed E-state index contributed by atoms with van der Waals surface area (Å²) >= 11 is 0. The Morgan fingerprint density at radius 1 is 0.966 bits per heavy atom. The van der Waals surface area contributed by atoms with Crippen molar-refractivity contribution >= 4 is 11.8 Å². The van der Waals surface area contributed by atoms with Gasteiger partial charge in [-0.1, -0.05) is 42.5 Å². The molecule has 0 aliphatic rings. The molecule has 8 nitrogen and oxygen atoms in total. The van der Waals surface area contributed by atoms with Crippen molar-refractivity contribution in [2.45, 2.75) is 13.5 Å². The summed E-state index contributed by atoms with van der Waals surface area (Å²) in [6.45, 7) is 1.32. The van der Waals surface area contributed by atoms with Gasteiger partial charge in [-0.05, 0) is 30.7 Å². The number of aromatic nitrogens is 2. The van der Waals surface area contributed by atoms with Gasteiger partial charge in [0.2, 0.25) is 0 Å². The van der Waals surface area contributed by atoms with E-state index in [0.29, 0.717) is 11.4 Å². The quantitative estimate of drug-likeness (QED) is 0.618. The highest BCUT2D eigenvalue weighted by Gasteiger charge is 2.10. The van der Waals surface area contributed by atoms with Gasteiger partial charge in [-0.2, -0.15) is 5.10 Å². The van der Waals surface area contributed by atoms with Crippen LogP contribution in [0.5, 0.6) is 5.75 Å². The first-order chi connectivity index (χ1) is 14.0. The molecule has 0 saturated heterocycles. The molecule has 0 fully saturated rings. The summed E-state index contributed by atoms with van der Waals surface area (Å²) in [4.78, 5) is 35.9. The molecule has 0 aliphatic heterocycles. The second-order valence-electron chi connectivity index (χ2n) is 6.28. The smallest absolute Gasteiger partial charge is 0.276 e. The van der Waals surface area contributed by atoms with Crippen LogP contribution < -0.4 is 21.1 Å². The molecule has 0 radical (unpaired) electrons. The molecule has 8 heteroatoms. The van der Waals surface area contributed by atoms with E-state index in [1.54, 1.807) is 18.2 Å². The summed E-state index contributed by atoms with van der Waals surface area (Å²) in [5.74, 6) is -0.563. The Morgan fingerprint density at radius 2 is 1.72 bits per heavy atom. The van der Waals surface area contributed by atoms with E-state index in [9.17, 15) is 14.4 Å². The average molecular weight is 392 g/mol. The Morgan fingerprint density at radius 3 is 2.48 bits per heavy atom. The maximum atomic E-state index is 12.1. The lowest BCUT2D eigenvalue weighted by Gasteiger charge is -2.10.